The van der Waals surface area contributed by atoms with E-state index in [1.54, 1.807) is 12.1 Å². The van der Waals surface area contributed by atoms with Gasteiger partial charge in [0, 0.05) is 22.6 Å². The average molecular weight is 457 g/mol. The summed E-state index contributed by atoms with van der Waals surface area (Å²) in [6, 6.07) is 11.3. The lowest BCUT2D eigenvalue weighted by Crippen LogP contribution is -2.20. The number of benzene rings is 2. The van der Waals surface area contributed by atoms with Gasteiger partial charge >= 0.3 is 12.1 Å². The second kappa shape index (κ2) is 9.32. The molecule has 33 heavy (non-hydrogen) atoms. The molecule has 3 aromatic rings. The van der Waals surface area contributed by atoms with Gasteiger partial charge in [0.25, 0.3) is 0 Å². The maximum Gasteiger partial charge on any atom is 0.416 e. The van der Waals surface area contributed by atoms with Crippen molar-refractivity contribution in [2.75, 3.05) is 0 Å². The summed E-state index contributed by atoms with van der Waals surface area (Å²) in [5.74, 6) is -1.58. The van der Waals surface area contributed by atoms with Crippen LogP contribution in [0.25, 0.3) is 5.69 Å². The normalized spacial score (nSPS) is 11.7. The lowest BCUT2D eigenvalue weighted by molar-refractivity contribution is -0.137. The Morgan fingerprint density at radius 1 is 1.09 bits per heavy atom. The lowest BCUT2D eigenvalue weighted by atomic mass is 10.1. The Bertz CT molecular complexity index is 1240. The second-order valence-corrected chi connectivity index (χ2v) is 7.64. The molecule has 1 heterocycles. The molecule has 0 atom stereocenters. The predicted octanol–water partition coefficient (Wildman–Crippen LogP) is 4.81. The number of hydrazone groups is 1. The van der Waals surface area contributed by atoms with Crippen molar-refractivity contribution in [1.82, 2.24) is 9.99 Å². The van der Waals surface area contributed by atoms with Gasteiger partial charge in [0.1, 0.15) is 0 Å². The minimum atomic E-state index is -4.48. The van der Waals surface area contributed by atoms with Crippen molar-refractivity contribution in [3.05, 3.63) is 87.7 Å². The Morgan fingerprint density at radius 3 is 2.48 bits per heavy atom. The molecule has 0 saturated heterocycles. The Balaban J connectivity index is 1.75. The van der Waals surface area contributed by atoms with E-state index in [0.717, 1.165) is 34.8 Å². The highest BCUT2D eigenvalue weighted by molar-refractivity contribution is 5.89. The predicted molar refractivity (Wildman–Crippen MR) is 118 cm³/mol. The summed E-state index contributed by atoms with van der Waals surface area (Å²) in [7, 11) is 0. The van der Waals surface area contributed by atoms with Crippen LogP contribution in [0, 0.1) is 20.8 Å². The first kappa shape index (κ1) is 23.8. The molecule has 0 aliphatic rings. The molecule has 1 amide bonds. The SMILES string of the molecule is Cc1ccc(C(=O)O)cc1-n1c(C)cc(/C=N\NC(=O)Cc2cccc(C(F)(F)F)c2)c1C. The largest absolute Gasteiger partial charge is 0.478 e. The molecule has 0 unspecified atom stereocenters. The molecule has 2 N–H and O–H groups in total. The number of aryl methyl sites for hydroxylation is 2. The highest BCUT2D eigenvalue weighted by Crippen LogP contribution is 2.29. The number of carbonyl (C=O) groups excluding carboxylic acids is 1. The average Bonchev–Trinajstić information content (AvgIpc) is 3.01. The van der Waals surface area contributed by atoms with Crippen molar-refractivity contribution in [3.8, 4) is 5.69 Å². The van der Waals surface area contributed by atoms with E-state index in [1.165, 1.54) is 24.4 Å². The summed E-state index contributed by atoms with van der Waals surface area (Å²) in [4.78, 5) is 23.5. The number of carboxylic acid groups (broad SMARTS) is 1. The van der Waals surface area contributed by atoms with Crippen LogP contribution < -0.4 is 5.43 Å². The monoisotopic (exact) mass is 457 g/mol. The first-order valence-electron chi connectivity index (χ1n) is 9.98. The molecule has 0 aliphatic heterocycles. The molecule has 0 radical (unpaired) electrons. The highest BCUT2D eigenvalue weighted by Gasteiger charge is 2.30. The zero-order valence-electron chi connectivity index (χ0n) is 18.2. The van der Waals surface area contributed by atoms with Crippen LogP contribution in [0.3, 0.4) is 0 Å². The van der Waals surface area contributed by atoms with Crippen molar-refractivity contribution in [1.29, 1.82) is 0 Å². The maximum atomic E-state index is 12.8. The van der Waals surface area contributed by atoms with Gasteiger partial charge < -0.3 is 9.67 Å². The molecule has 9 heteroatoms. The number of carbonyl (C=O) groups is 2. The van der Waals surface area contributed by atoms with Crippen molar-refractivity contribution >= 4 is 18.1 Å². The van der Waals surface area contributed by atoms with E-state index >= 15 is 0 Å². The molecular formula is C24H22F3N3O3. The molecule has 0 spiro atoms. The molecule has 0 bridgehead atoms. The summed E-state index contributed by atoms with van der Waals surface area (Å²) in [5, 5.41) is 13.2. The number of alkyl halides is 3. The van der Waals surface area contributed by atoms with E-state index < -0.39 is 23.6 Å². The standard InChI is InChI=1S/C24H22F3N3O3/c1-14-7-8-18(23(32)33)12-21(14)30-15(2)9-19(16(30)3)13-28-29-22(31)11-17-5-4-6-20(10-17)24(25,26)27/h4-10,12-13H,11H2,1-3H3,(H,29,31)(H,32,33)/b28-13-. The van der Waals surface area contributed by atoms with Gasteiger partial charge in [-0.2, -0.15) is 18.3 Å². The number of hydrogen-bond donors (Lipinski definition) is 2. The highest BCUT2D eigenvalue weighted by atomic mass is 19.4. The summed E-state index contributed by atoms with van der Waals surface area (Å²) >= 11 is 0. The van der Waals surface area contributed by atoms with E-state index in [1.807, 2.05) is 31.4 Å². The molecule has 0 fully saturated rings. The van der Waals surface area contributed by atoms with Crippen LogP contribution in [0.2, 0.25) is 0 Å². The number of aromatic carboxylic acids is 1. The first-order chi connectivity index (χ1) is 15.5. The number of amides is 1. The first-order valence-corrected chi connectivity index (χ1v) is 9.98. The van der Waals surface area contributed by atoms with Crippen LogP contribution in [0.15, 0.2) is 53.6 Å². The Hall–Kier alpha value is -3.88. The van der Waals surface area contributed by atoms with E-state index in [4.69, 9.17) is 0 Å². The topological polar surface area (TPSA) is 83.7 Å². The number of carboxylic acids is 1. The van der Waals surface area contributed by atoms with Crippen molar-refractivity contribution in [3.63, 3.8) is 0 Å². The molecule has 3 rings (SSSR count). The van der Waals surface area contributed by atoms with E-state index in [9.17, 15) is 27.9 Å². The van der Waals surface area contributed by atoms with Gasteiger partial charge in [-0.25, -0.2) is 10.2 Å². The van der Waals surface area contributed by atoms with Crippen LogP contribution in [0.5, 0.6) is 0 Å². The molecule has 1 aromatic heterocycles. The molecule has 172 valence electrons. The molecule has 2 aromatic carbocycles. The number of rotatable bonds is 6. The van der Waals surface area contributed by atoms with Gasteiger partial charge in [0.2, 0.25) is 5.91 Å². The fourth-order valence-electron chi connectivity index (χ4n) is 3.53. The Morgan fingerprint density at radius 2 is 1.82 bits per heavy atom. The summed E-state index contributed by atoms with van der Waals surface area (Å²) in [5.41, 5.74) is 5.85. The van der Waals surface area contributed by atoms with Crippen LogP contribution >= 0.6 is 0 Å². The van der Waals surface area contributed by atoms with Crippen LogP contribution in [0.1, 0.15) is 44.0 Å². The number of aromatic nitrogens is 1. The maximum absolute atomic E-state index is 12.8. The minimum Gasteiger partial charge on any atom is -0.478 e. The van der Waals surface area contributed by atoms with Crippen molar-refractivity contribution in [2.24, 2.45) is 5.10 Å². The van der Waals surface area contributed by atoms with Crippen molar-refractivity contribution < 1.29 is 27.9 Å². The summed E-state index contributed by atoms with van der Waals surface area (Å²) in [6.45, 7) is 5.58. The zero-order chi connectivity index (χ0) is 24.3. The van der Waals surface area contributed by atoms with Gasteiger partial charge in [0.05, 0.1) is 23.8 Å². The zero-order valence-corrected chi connectivity index (χ0v) is 18.2. The quantitative estimate of drug-likeness (QED) is 0.412. The van der Waals surface area contributed by atoms with Crippen LogP contribution in [-0.4, -0.2) is 27.8 Å². The third-order valence-electron chi connectivity index (χ3n) is 5.18. The molecule has 0 saturated carbocycles. The molecular weight excluding hydrogens is 435 g/mol. The molecule has 0 aliphatic carbocycles. The van der Waals surface area contributed by atoms with Gasteiger partial charge in [-0.1, -0.05) is 24.3 Å². The van der Waals surface area contributed by atoms with Gasteiger partial charge in [0.15, 0.2) is 0 Å². The summed E-state index contributed by atoms with van der Waals surface area (Å²) < 4.78 is 40.4. The fourth-order valence-corrected chi connectivity index (χ4v) is 3.53. The van der Waals surface area contributed by atoms with Crippen LogP contribution in [-0.2, 0) is 17.4 Å². The van der Waals surface area contributed by atoms with Gasteiger partial charge in [-0.05, 0) is 56.2 Å². The fraction of sp³-hybridized carbons (Fsp3) is 0.208. The lowest BCUT2D eigenvalue weighted by Gasteiger charge is -2.13. The molecule has 6 nitrogen and oxygen atoms in total. The van der Waals surface area contributed by atoms with E-state index in [0.29, 0.717) is 5.56 Å². The second-order valence-electron chi connectivity index (χ2n) is 7.64. The minimum absolute atomic E-state index is 0.167. The Labute approximate surface area is 188 Å². The van der Waals surface area contributed by atoms with E-state index in [2.05, 4.69) is 10.5 Å². The van der Waals surface area contributed by atoms with Gasteiger partial charge in [-0.3, -0.25) is 4.79 Å². The number of hydrogen-bond acceptors (Lipinski definition) is 3. The van der Waals surface area contributed by atoms with E-state index in [-0.39, 0.29) is 17.5 Å². The number of nitrogens with zero attached hydrogens (tertiary/aromatic N) is 2. The smallest absolute Gasteiger partial charge is 0.416 e. The third-order valence-corrected chi connectivity index (χ3v) is 5.18. The third kappa shape index (κ3) is 5.49. The van der Waals surface area contributed by atoms with Crippen LogP contribution in [0.4, 0.5) is 13.2 Å². The number of nitrogens with one attached hydrogen (secondary N) is 1. The van der Waals surface area contributed by atoms with Gasteiger partial charge in [-0.15, -0.1) is 0 Å². The van der Waals surface area contributed by atoms with Crippen molar-refractivity contribution in [2.45, 2.75) is 33.4 Å². The Kier molecular flexibility index (Phi) is 6.71. The number of halogens is 3. The summed E-state index contributed by atoms with van der Waals surface area (Å²) in [6.07, 6.45) is -3.28.